The van der Waals surface area contributed by atoms with Crippen molar-refractivity contribution in [2.24, 2.45) is 0 Å². The van der Waals surface area contributed by atoms with Crippen molar-refractivity contribution in [3.8, 4) is 0 Å². The van der Waals surface area contributed by atoms with Gasteiger partial charge in [0.05, 0.1) is 6.10 Å². The molecule has 1 aromatic carbocycles. The van der Waals surface area contributed by atoms with E-state index in [1.807, 2.05) is 0 Å². The zero-order chi connectivity index (χ0) is 16.9. The molecule has 1 heterocycles. The van der Waals surface area contributed by atoms with Crippen molar-refractivity contribution < 1.29 is 4.84 Å². The predicted octanol–water partition coefficient (Wildman–Crippen LogP) is 5.75. The number of alkyl halides is 1. The summed E-state index contributed by atoms with van der Waals surface area (Å²) in [6.07, 6.45) is 7.14. The van der Waals surface area contributed by atoms with Crippen LogP contribution in [0.25, 0.3) is 0 Å². The molecule has 0 aromatic heterocycles. The largest absolute Gasteiger partial charge is 0.294 e. The third-order valence-electron chi connectivity index (χ3n) is 4.90. The molecule has 0 amide bonds. The van der Waals surface area contributed by atoms with Crippen LogP contribution in [0.5, 0.6) is 0 Å². The average Bonchev–Trinajstić information content (AvgIpc) is 2.49. The minimum absolute atomic E-state index is 0.102. The van der Waals surface area contributed by atoms with Crippen molar-refractivity contribution >= 4 is 15.9 Å². The zero-order valence-corrected chi connectivity index (χ0v) is 16.7. The van der Waals surface area contributed by atoms with Crippen LogP contribution in [0.2, 0.25) is 0 Å². The SMILES string of the molecule is CC1(C)CCCC(C)(C)N1OC(CCCBr)Cc1ccccc1. The van der Waals surface area contributed by atoms with Crippen LogP contribution in [0.1, 0.15) is 65.4 Å². The number of hydrogen-bond acceptors (Lipinski definition) is 2. The van der Waals surface area contributed by atoms with Crippen molar-refractivity contribution in [2.45, 2.75) is 83.4 Å². The molecule has 1 saturated heterocycles. The summed E-state index contributed by atoms with van der Waals surface area (Å²) in [7, 11) is 0. The molecular weight excluding hydrogens is 350 g/mol. The molecule has 0 N–H and O–H groups in total. The van der Waals surface area contributed by atoms with Crippen LogP contribution in [0.4, 0.5) is 0 Å². The Morgan fingerprint density at radius 2 is 1.70 bits per heavy atom. The van der Waals surface area contributed by atoms with Crippen LogP contribution in [0.3, 0.4) is 0 Å². The topological polar surface area (TPSA) is 12.5 Å². The summed E-state index contributed by atoms with van der Waals surface area (Å²) in [5, 5.41) is 3.35. The van der Waals surface area contributed by atoms with Gasteiger partial charge in [-0.05, 0) is 65.4 Å². The van der Waals surface area contributed by atoms with E-state index in [0.717, 1.165) is 24.6 Å². The van der Waals surface area contributed by atoms with E-state index in [0.29, 0.717) is 0 Å². The lowest BCUT2D eigenvalue weighted by Gasteiger charge is -2.52. The molecule has 2 rings (SSSR count). The standard InChI is InChI=1S/C20H32BrNO/c1-19(2)13-9-14-20(3,4)22(19)23-18(12-8-15-21)16-17-10-6-5-7-11-17/h5-7,10-11,18H,8-9,12-16H2,1-4H3. The molecule has 1 atom stereocenters. The first kappa shape index (κ1) is 19.0. The molecule has 3 heteroatoms. The second-order valence-corrected chi connectivity index (χ2v) is 8.81. The summed E-state index contributed by atoms with van der Waals surface area (Å²) >= 11 is 3.56. The number of piperidine rings is 1. The number of benzene rings is 1. The first-order valence-corrected chi connectivity index (χ1v) is 10.0. The number of nitrogens with zero attached hydrogens (tertiary/aromatic N) is 1. The van der Waals surface area contributed by atoms with Gasteiger partial charge in [-0.15, -0.1) is 0 Å². The highest BCUT2D eigenvalue weighted by Gasteiger charge is 2.43. The summed E-state index contributed by atoms with van der Waals surface area (Å²) in [6, 6.07) is 10.7. The highest BCUT2D eigenvalue weighted by Crippen LogP contribution is 2.39. The fourth-order valence-corrected chi connectivity index (χ4v) is 4.11. The molecule has 23 heavy (non-hydrogen) atoms. The predicted molar refractivity (Wildman–Crippen MR) is 102 cm³/mol. The molecule has 1 aromatic rings. The van der Waals surface area contributed by atoms with Crippen LogP contribution in [-0.2, 0) is 11.3 Å². The van der Waals surface area contributed by atoms with Crippen molar-refractivity contribution in [1.29, 1.82) is 0 Å². The Morgan fingerprint density at radius 1 is 1.09 bits per heavy atom. The lowest BCUT2D eigenvalue weighted by atomic mass is 9.82. The Labute approximate surface area is 150 Å². The van der Waals surface area contributed by atoms with Crippen molar-refractivity contribution in [3.05, 3.63) is 35.9 Å². The van der Waals surface area contributed by atoms with E-state index in [1.54, 1.807) is 0 Å². The molecule has 1 aliphatic rings. The Balaban J connectivity index is 2.11. The van der Waals surface area contributed by atoms with E-state index < -0.39 is 0 Å². The van der Waals surface area contributed by atoms with Gasteiger partial charge in [0.1, 0.15) is 0 Å². The van der Waals surface area contributed by atoms with E-state index in [2.05, 4.69) is 79.0 Å². The van der Waals surface area contributed by atoms with Gasteiger partial charge in [0.25, 0.3) is 0 Å². The lowest BCUT2D eigenvalue weighted by molar-refractivity contribution is -0.305. The monoisotopic (exact) mass is 381 g/mol. The molecule has 2 nitrogen and oxygen atoms in total. The third kappa shape index (κ3) is 5.30. The first-order valence-electron chi connectivity index (χ1n) is 8.92. The molecule has 0 aliphatic carbocycles. The van der Waals surface area contributed by atoms with Gasteiger partial charge in [-0.1, -0.05) is 46.3 Å². The minimum Gasteiger partial charge on any atom is -0.294 e. The Kier molecular flexibility index (Phi) is 6.70. The van der Waals surface area contributed by atoms with Crippen LogP contribution in [0.15, 0.2) is 30.3 Å². The molecule has 1 aliphatic heterocycles. The fourth-order valence-electron chi connectivity index (χ4n) is 3.78. The Hall–Kier alpha value is -0.380. The fraction of sp³-hybridized carbons (Fsp3) is 0.700. The first-order chi connectivity index (χ1) is 10.8. The van der Waals surface area contributed by atoms with Gasteiger partial charge in [0.15, 0.2) is 0 Å². The number of halogens is 1. The zero-order valence-electron chi connectivity index (χ0n) is 15.1. The highest BCUT2D eigenvalue weighted by atomic mass is 79.9. The smallest absolute Gasteiger partial charge is 0.0834 e. The summed E-state index contributed by atoms with van der Waals surface area (Å²) < 4.78 is 0. The highest BCUT2D eigenvalue weighted by molar-refractivity contribution is 9.09. The maximum absolute atomic E-state index is 6.64. The molecule has 0 bridgehead atoms. The summed E-state index contributed by atoms with van der Waals surface area (Å²) in [5.74, 6) is 0. The number of hydrogen-bond donors (Lipinski definition) is 0. The van der Waals surface area contributed by atoms with Gasteiger partial charge in [-0.2, -0.15) is 5.06 Å². The molecule has 1 fully saturated rings. The van der Waals surface area contributed by atoms with E-state index in [9.17, 15) is 0 Å². The molecule has 0 spiro atoms. The Bertz CT molecular complexity index is 456. The van der Waals surface area contributed by atoms with Gasteiger partial charge >= 0.3 is 0 Å². The third-order valence-corrected chi connectivity index (χ3v) is 5.46. The van der Waals surface area contributed by atoms with Crippen molar-refractivity contribution in [3.63, 3.8) is 0 Å². The molecule has 1 unspecified atom stereocenters. The quantitative estimate of drug-likeness (QED) is 0.557. The molecule has 0 saturated carbocycles. The maximum Gasteiger partial charge on any atom is 0.0834 e. The van der Waals surface area contributed by atoms with E-state index >= 15 is 0 Å². The summed E-state index contributed by atoms with van der Waals surface area (Å²) in [4.78, 5) is 6.64. The maximum atomic E-state index is 6.64. The average molecular weight is 382 g/mol. The second-order valence-electron chi connectivity index (χ2n) is 8.02. The lowest BCUT2D eigenvalue weighted by Crippen LogP contribution is -2.59. The van der Waals surface area contributed by atoms with E-state index in [1.165, 1.54) is 24.8 Å². The van der Waals surface area contributed by atoms with E-state index in [4.69, 9.17) is 4.84 Å². The van der Waals surface area contributed by atoms with Gasteiger partial charge in [-0.3, -0.25) is 4.84 Å². The minimum atomic E-state index is 0.102. The normalized spacial score (nSPS) is 22.0. The molecular formula is C20H32BrNO. The van der Waals surface area contributed by atoms with Gasteiger partial charge in [0, 0.05) is 22.8 Å². The van der Waals surface area contributed by atoms with E-state index in [-0.39, 0.29) is 17.2 Å². The molecule has 0 radical (unpaired) electrons. The van der Waals surface area contributed by atoms with Crippen molar-refractivity contribution in [2.75, 3.05) is 5.33 Å². The van der Waals surface area contributed by atoms with Crippen molar-refractivity contribution in [1.82, 2.24) is 5.06 Å². The molecule has 130 valence electrons. The Morgan fingerprint density at radius 3 is 2.26 bits per heavy atom. The van der Waals surface area contributed by atoms with Gasteiger partial charge in [0.2, 0.25) is 0 Å². The number of rotatable bonds is 7. The van der Waals surface area contributed by atoms with Crippen LogP contribution >= 0.6 is 15.9 Å². The van der Waals surface area contributed by atoms with Gasteiger partial charge < -0.3 is 0 Å². The summed E-state index contributed by atoms with van der Waals surface area (Å²) in [6.45, 7) is 9.27. The second kappa shape index (κ2) is 8.13. The van der Waals surface area contributed by atoms with Crippen LogP contribution in [0, 0.1) is 0 Å². The van der Waals surface area contributed by atoms with Gasteiger partial charge in [-0.25, -0.2) is 0 Å². The van der Waals surface area contributed by atoms with Crippen LogP contribution in [-0.4, -0.2) is 27.6 Å². The summed E-state index contributed by atoms with van der Waals surface area (Å²) in [5.41, 5.74) is 1.57. The van der Waals surface area contributed by atoms with Crippen LogP contribution < -0.4 is 0 Å². The number of hydroxylamine groups is 2.